The van der Waals surface area contributed by atoms with Crippen LogP contribution in [0, 0.1) is 0 Å². The van der Waals surface area contributed by atoms with Gasteiger partial charge in [-0.3, -0.25) is 4.98 Å². The van der Waals surface area contributed by atoms with Gasteiger partial charge in [-0.2, -0.15) is 0 Å². The maximum atomic E-state index is 12.6. The summed E-state index contributed by atoms with van der Waals surface area (Å²) in [6.45, 7) is 2.68. The molecule has 1 aliphatic rings. The first-order valence-corrected chi connectivity index (χ1v) is 10.9. The van der Waals surface area contributed by atoms with Crippen LogP contribution in [0.1, 0.15) is 0 Å². The quantitative estimate of drug-likeness (QED) is 0.608. The summed E-state index contributed by atoms with van der Waals surface area (Å²) >= 11 is 1.65. The first-order valence-electron chi connectivity index (χ1n) is 9.67. The van der Waals surface area contributed by atoms with Crippen LogP contribution in [-0.2, 0) is 0 Å². The molecule has 9 heteroatoms. The standard InChI is InChI=1S/C21H23N7OS/c1-30-18-6-2-4-16(14-18)24-21(29)28-12-10-27(11-13-28)20-8-7-19(25-26-20)23-17-5-3-9-22-15-17/h2-9,14-15H,10-13H2,1H3,(H,23,25)(H,24,29). The second-order valence-corrected chi connectivity index (χ2v) is 7.66. The third-order valence-electron chi connectivity index (χ3n) is 4.80. The summed E-state index contributed by atoms with van der Waals surface area (Å²) in [5.41, 5.74) is 1.68. The number of carbonyl (C=O) groups excluding carboxylic acids is 1. The van der Waals surface area contributed by atoms with E-state index in [-0.39, 0.29) is 6.03 Å². The van der Waals surface area contributed by atoms with E-state index in [1.54, 1.807) is 24.2 Å². The van der Waals surface area contributed by atoms with E-state index >= 15 is 0 Å². The fourth-order valence-corrected chi connectivity index (χ4v) is 3.65. The van der Waals surface area contributed by atoms with Crippen molar-refractivity contribution < 1.29 is 4.79 Å². The minimum Gasteiger partial charge on any atom is -0.352 e. The molecule has 154 valence electrons. The molecule has 1 saturated heterocycles. The first kappa shape index (κ1) is 20.0. The minimum atomic E-state index is -0.0741. The molecule has 0 aliphatic carbocycles. The lowest BCUT2D eigenvalue weighted by Gasteiger charge is -2.35. The van der Waals surface area contributed by atoms with Crippen LogP contribution >= 0.6 is 11.8 Å². The van der Waals surface area contributed by atoms with Crippen LogP contribution < -0.4 is 15.5 Å². The zero-order valence-electron chi connectivity index (χ0n) is 16.7. The molecule has 8 nitrogen and oxygen atoms in total. The van der Waals surface area contributed by atoms with E-state index in [0.717, 1.165) is 22.1 Å². The molecule has 3 aromatic rings. The van der Waals surface area contributed by atoms with Crippen molar-refractivity contribution in [3.8, 4) is 0 Å². The second kappa shape index (κ2) is 9.45. The number of hydrogen-bond acceptors (Lipinski definition) is 7. The first-order chi connectivity index (χ1) is 14.7. The Morgan fingerprint density at radius 2 is 1.83 bits per heavy atom. The van der Waals surface area contributed by atoms with Gasteiger partial charge in [-0.25, -0.2) is 4.79 Å². The second-order valence-electron chi connectivity index (χ2n) is 6.78. The summed E-state index contributed by atoms with van der Waals surface area (Å²) in [5.74, 6) is 1.47. The number of hydrogen-bond donors (Lipinski definition) is 2. The summed E-state index contributed by atoms with van der Waals surface area (Å²) in [4.78, 5) is 21.7. The van der Waals surface area contributed by atoms with Crippen molar-refractivity contribution in [3.05, 3.63) is 60.9 Å². The molecular weight excluding hydrogens is 398 g/mol. The Labute approximate surface area is 179 Å². The maximum Gasteiger partial charge on any atom is 0.321 e. The highest BCUT2D eigenvalue weighted by atomic mass is 32.2. The normalized spacial score (nSPS) is 13.8. The van der Waals surface area contributed by atoms with E-state index in [0.29, 0.717) is 32.0 Å². The third kappa shape index (κ3) is 4.98. The zero-order chi connectivity index (χ0) is 20.8. The van der Waals surface area contributed by atoms with Crippen molar-refractivity contribution in [2.24, 2.45) is 0 Å². The molecule has 1 aromatic carbocycles. The van der Waals surface area contributed by atoms with E-state index in [9.17, 15) is 4.79 Å². The van der Waals surface area contributed by atoms with E-state index < -0.39 is 0 Å². The number of pyridine rings is 1. The Bertz CT molecular complexity index is 976. The molecule has 2 amide bonds. The lowest BCUT2D eigenvalue weighted by Crippen LogP contribution is -2.50. The number of anilines is 4. The monoisotopic (exact) mass is 421 g/mol. The van der Waals surface area contributed by atoms with E-state index in [1.807, 2.05) is 59.7 Å². The number of aromatic nitrogens is 3. The fourth-order valence-electron chi connectivity index (χ4n) is 3.19. The van der Waals surface area contributed by atoms with E-state index in [2.05, 4.69) is 30.7 Å². The van der Waals surface area contributed by atoms with Crippen LogP contribution in [-0.4, -0.2) is 58.5 Å². The molecule has 1 aliphatic heterocycles. The number of nitrogens with zero attached hydrogens (tertiary/aromatic N) is 5. The van der Waals surface area contributed by atoms with Crippen LogP contribution in [0.25, 0.3) is 0 Å². The number of nitrogens with one attached hydrogen (secondary N) is 2. The highest BCUT2D eigenvalue weighted by Gasteiger charge is 2.22. The number of carbonyl (C=O) groups is 1. The van der Waals surface area contributed by atoms with Gasteiger partial charge in [0.25, 0.3) is 0 Å². The Morgan fingerprint density at radius 1 is 1.00 bits per heavy atom. The largest absolute Gasteiger partial charge is 0.352 e. The predicted molar refractivity (Wildman–Crippen MR) is 121 cm³/mol. The smallest absolute Gasteiger partial charge is 0.321 e. The average molecular weight is 422 g/mol. The number of piperazine rings is 1. The topological polar surface area (TPSA) is 86.3 Å². The Hall–Kier alpha value is -3.33. The highest BCUT2D eigenvalue weighted by molar-refractivity contribution is 7.98. The van der Waals surface area contributed by atoms with Crippen molar-refractivity contribution in [2.45, 2.75) is 4.90 Å². The number of urea groups is 1. The SMILES string of the molecule is CSc1cccc(NC(=O)N2CCN(c3ccc(Nc4cccnc4)nn3)CC2)c1. The van der Waals surface area contributed by atoms with Gasteiger partial charge in [0.2, 0.25) is 0 Å². The number of rotatable bonds is 5. The molecule has 4 rings (SSSR count). The van der Waals surface area contributed by atoms with Gasteiger partial charge >= 0.3 is 6.03 Å². The van der Waals surface area contributed by atoms with Crippen molar-refractivity contribution in [1.82, 2.24) is 20.1 Å². The van der Waals surface area contributed by atoms with Gasteiger partial charge in [-0.15, -0.1) is 22.0 Å². The van der Waals surface area contributed by atoms with E-state index in [1.165, 1.54) is 0 Å². The van der Waals surface area contributed by atoms with Crippen LogP contribution in [0.4, 0.5) is 27.8 Å². The van der Waals surface area contributed by atoms with Gasteiger partial charge in [0.05, 0.1) is 11.9 Å². The highest BCUT2D eigenvalue weighted by Crippen LogP contribution is 2.20. The van der Waals surface area contributed by atoms with Gasteiger partial charge in [0.15, 0.2) is 11.6 Å². The third-order valence-corrected chi connectivity index (χ3v) is 5.52. The van der Waals surface area contributed by atoms with Crippen LogP contribution in [0.15, 0.2) is 65.8 Å². The Morgan fingerprint density at radius 3 is 2.53 bits per heavy atom. The van der Waals surface area contributed by atoms with Crippen molar-refractivity contribution in [3.63, 3.8) is 0 Å². The molecule has 1 fully saturated rings. The number of thioether (sulfide) groups is 1. The van der Waals surface area contributed by atoms with Gasteiger partial charge in [-0.1, -0.05) is 6.07 Å². The lowest BCUT2D eigenvalue weighted by molar-refractivity contribution is 0.208. The summed E-state index contributed by atoms with van der Waals surface area (Å²) in [7, 11) is 0. The van der Waals surface area contributed by atoms with Crippen LogP contribution in [0.2, 0.25) is 0 Å². The van der Waals surface area contributed by atoms with Crippen molar-refractivity contribution in [2.75, 3.05) is 48.0 Å². The van der Waals surface area contributed by atoms with Gasteiger partial charge in [0, 0.05) is 43.0 Å². The molecule has 2 aromatic heterocycles. The lowest BCUT2D eigenvalue weighted by atomic mass is 10.3. The van der Waals surface area contributed by atoms with Crippen molar-refractivity contribution >= 4 is 40.8 Å². The Balaban J connectivity index is 1.30. The minimum absolute atomic E-state index is 0.0741. The molecule has 0 spiro atoms. The summed E-state index contributed by atoms with van der Waals surface area (Å²) in [6, 6.07) is 15.4. The molecule has 0 radical (unpaired) electrons. The zero-order valence-corrected chi connectivity index (χ0v) is 17.5. The molecule has 0 atom stereocenters. The fraction of sp³-hybridized carbons (Fsp3) is 0.238. The number of amides is 2. The summed E-state index contributed by atoms with van der Waals surface area (Å²) in [6.07, 6.45) is 5.48. The maximum absolute atomic E-state index is 12.6. The molecule has 2 N–H and O–H groups in total. The summed E-state index contributed by atoms with van der Waals surface area (Å²) < 4.78 is 0. The molecular formula is C21H23N7OS. The van der Waals surface area contributed by atoms with Gasteiger partial charge in [-0.05, 0) is 48.7 Å². The molecule has 0 bridgehead atoms. The van der Waals surface area contributed by atoms with E-state index in [4.69, 9.17) is 0 Å². The van der Waals surface area contributed by atoms with Gasteiger partial charge in [0.1, 0.15) is 0 Å². The predicted octanol–water partition coefficient (Wildman–Crippen LogP) is 3.69. The average Bonchev–Trinajstić information content (AvgIpc) is 2.80. The Kier molecular flexibility index (Phi) is 6.29. The van der Waals surface area contributed by atoms with Gasteiger partial charge < -0.3 is 20.4 Å². The van der Waals surface area contributed by atoms with Crippen LogP contribution in [0.5, 0.6) is 0 Å². The molecule has 30 heavy (non-hydrogen) atoms. The summed E-state index contributed by atoms with van der Waals surface area (Å²) in [5, 5.41) is 14.7. The molecule has 0 unspecified atom stereocenters. The molecule has 0 saturated carbocycles. The molecule has 3 heterocycles. The number of benzene rings is 1. The van der Waals surface area contributed by atoms with Crippen molar-refractivity contribution in [1.29, 1.82) is 0 Å². The van der Waals surface area contributed by atoms with Crippen LogP contribution in [0.3, 0.4) is 0 Å².